The Bertz CT molecular complexity index is 799. The highest BCUT2D eigenvalue weighted by Crippen LogP contribution is 2.51. The number of thioether (sulfide) groups is 1. The molecule has 1 saturated carbocycles. The van der Waals surface area contributed by atoms with E-state index >= 15 is 0 Å². The van der Waals surface area contributed by atoms with Gasteiger partial charge in [-0.1, -0.05) is 11.8 Å². The summed E-state index contributed by atoms with van der Waals surface area (Å²) in [7, 11) is 2.68. The molecule has 1 aliphatic heterocycles. The topological polar surface area (TPSA) is 90.5 Å². The van der Waals surface area contributed by atoms with Crippen molar-refractivity contribution >= 4 is 23.8 Å². The number of nitrogens with zero attached hydrogens (tertiary/aromatic N) is 2. The lowest BCUT2D eigenvalue weighted by molar-refractivity contribution is -0.143. The molecule has 7 nitrogen and oxygen atoms in total. The van der Waals surface area contributed by atoms with Gasteiger partial charge in [-0.3, -0.25) is 13.9 Å². The third-order valence-corrected chi connectivity index (χ3v) is 5.45. The number of carbonyl (C=O) groups is 1. The van der Waals surface area contributed by atoms with E-state index in [1.54, 1.807) is 0 Å². The number of hydrogen-bond acceptors (Lipinski definition) is 6. The fraction of sp³-hybridized carbons (Fsp3) is 0.500. The van der Waals surface area contributed by atoms with Crippen LogP contribution < -0.4 is 11.2 Å². The molecule has 118 valence electrons. The van der Waals surface area contributed by atoms with E-state index in [-0.39, 0.29) is 10.5 Å². The Kier molecular flexibility index (Phi) is 3.43. The lowest BCUT2D eigenvalue weighted by Crippen LogP contribution is -2.38. The van der Waals surface area contributed by atoms with E-state index in [2.05, 4.69) is 0 Å². The average molecular weight is 324 g/mol. The molecule has 0 bridgehead atoms. The van der Waals surface area contributed by atoms with Crippen molar-refractivity contribution in [3.05, 3.63) is 31.3 Å². The predicted molar refractivity (Wildman–Crippen MR) is 81.4 cm³/mol. The number of rotatable bonds is 1. The number of hydrogen-bond donors (Lipinski definition) is 1. The zero-order valence-electron chi connectivity index (χ0n) is 12.3. The highest BCUT2D eigenvalue weighted by atomic mass is 32.2. The van der Waals surface area contributed by atoms with Crippen molar-refractivity contribution < 1.29 is 14.6 Å². The molecule has 2 heterocycles. The van der Waals surface area contributed by atoms with Gasteiger partial charge in [0.25, 0.3) is 5.56 Å². The second kappa shape index (κ2) is 5.05. The molecule has 22 heavy (non-hydrogen) atoms. The van der Waals surface area contributed by atoms with Crippen LogP contribution in [0.5, 0.6) is 5.88 Å². The molecule has 2 fully saturated rings. The maximum absolute atomic E-state index is 12.2. The fourth-order valence-electron chi connectivity index (χ4n) is 2.81. The minimum atomic E-state index is -0.645. The first-order chi connectivity index (χ1) is 10.3. The van der Waals surface area contributed by atoms with Crippen LogP contribution in [0.1, 0.15) is 31.2 Å². The number of carbonyl (C=O) groups excluding carboxylic acids is 1. The summed E-state index contributed by atoms with van der Waals surface area (Å²) < 4.78 is 7.31. The number of aromatic nitrogens is 2. The van der Waals surface area contributed by atoms with Gasteiger partial charge in [0.05, 0.1) is 4.91 Å². The van der Waals surface area contributed by atoms with Gasteiger partial charge in [0.15, 0.2) is 4.93 Å². The molecule has 0 radical (unpaired) electrons. The lowest BCUT2D eigenvalue weighted by atomic mass is 10.2. The molecule has 1 aliphatic carbocycles. The summed E-state index contributed by atoms with van der Waals surface area (Å²) in [5.74, 6) is -0.941. The predicted octanol–water partition coefficient (Wildman–Crippen LogP) is 0.691. The molecule has 1 N–H and O–H groups in total. The van der Waals surface area contributed by atoms with E-state index < -0.39 is 28.0 Å². The van der Waals surface area contributed by atoms with Gasteiger partial charge < -0.3 is 9.84 Å². The number of esters is 1. The zero-order chi connectivity index (χ0) is 16.1. The molecule has 3 rings (SSSR count). The van der Waals surface area contributed by atoms with Gasteiger partial charge in [-0.05, 0) is 31.8 Å². The van der Waals surface area contributed by atoms with Crippen LogP contribution in [0.15, 0.2) is 14.5 Å². The van der Waals surface area contributed by atoms with E-state index in [0.717, 1.165) is 34.8 Å². The molecule has 2 aliphatic rings. The Labute approximate surface area is 130 Å². The molecular weight excluding hydrogens is 308 g/mol. The van der Waals surface area contributed by atoms with E-state index in [1.165, 1.54) is 31.9 Å². The van der Waals surface area contributed by atoms with Gasteiger partial charge in [-0.2, -0.15) is 0 Å². The van der Waals surface area contributed by atoms with Crippen LogP contribution in [0.2, 0.25) is 0 Å². The lowest BCUT2D eigenvalue weighted by Gasteiger charge is -2.18. The molecule has 0 aromatic carbocycles. The first kappa shape index (κ1) is 15.0. The molecule has 1 spiro atoms. The number of ether oxygens (including phenoxy) is 1. The highest BCUT2D eigenvalue weighted by Gasteiger charge is 2.46. The summed E-state index contributed by atoms with van der Waals surface area (Å²) >= 11 is 1.30. The van der Waals surface area contributed by atoms with Crippen LogP contribution in [0, 0.1) is 0 Å². The van der Waals surface area contributed by atoms with Crippen molar-refractivity contribution in [2.75, 3.05) is 0 Å². The molecule has 0 unspecified atom stereocenters. The maximum Gasteiger partial charge on any atom is 0.346 e. The van der Waals surface area contributed by atoms with Crippen molar-refractivity contribution in [2.24, 2.45) is 14.1 Å². The first-order valence-electron chi connectivity index (χ1n) is 6.98. The molecule has 1 saturated heterocycles. The van der Waals surface area contributed by atoms with Crippen molar-refractivity contribution in [1.29, 1.82) is 0 Å². The second-order valence-electron chi connectivity index (χ2n) is 5.56. The normalized spacial score (nSPS) is 21.7. The molecule has 0 atom stereocenters. The average Bonchev–Trinajstić information content (AvgIpc) is 3.06. The SMILES string of the molecule is Cn1c(O)c(/C=C2/SC3(CCCC3)OC2=O)c(=O)n(C)c1=O. The van der Waals surface area contributed by atoms with Crippen LogP contribution in [0.3, 0.4) is 0 Å². The first-order valence-corrected chi connectivity index (χ1v) is 7.79. The van der Waals surface area contributed by atoms with Crippen LogP contribution in [-0.2, 0) is 23.6 Å². The van der Waals surface area contributed by atoms with Crippen LogP contribution >= 0.6 is 11.8 Å². The van der Waals surface area contributed by atoms with Crippen LogP contribution in [0.4, 0.5) is 0 Å². The molecular formula is C14H16N2O5S. The highest BCUT2D eigenvalue weighted by molar-refractivity contribution is 8.05. The van der Waals surface area contributed by atoms with Crippen LogP contribution in [0.25, 0.3) is 6.08 Å². The van der Waals surface area contributed by atoms with Crippen molar-refractivity contribution in [3.63, 3.8) is 0 Å². The van der Waals surface area contributed by atoms with Gasteiger partial charge in [-0.15, -0.1) is 0 Å². The molecule has 1 aromatic heterocycles. The van der Waals surface area contributed by atoms with E-state index in [0.29, 0.717) is 0 Å². The Hall–Kier alpha value is -1.96. The summed E-state index contributed by atoms with van der Waals surface area (Å²) in [6.45, 7) is 0. The van der Waals surface area contributed by atoms with Gasteiger partial charge >= 0.3 is 11.7 Å². The Morgan fingerprint density at radius 3 is 2.45 bits per heavy atom. The van der Waals surface area contributed by atoms with E-state index in [9.17, 15) is 19.5 Å². The molecule has 0 amide bonds. The third kappa shape index (κ3) is 2.18. The standard InChI is InChI=1S/C14H16N2O5S/c1-15-10(17)8(11(18)16(2)13(15)20)7-9-12(19)21-14(22-9)5-3-4-6-14/h7,17H,3-6H2,1-2H3/b9-7+. The summed E-state index contributed by atoms with van der Waals surface area (Å²) in [6.07, 6.45) is 4.90. The minimum Gasteiger partial charge on any atom is -0.494 e. The van der Waals surface area contributed by atoms with Crippen molar-refractivity contribution in [3.8, 4) is 5.88 Å². The summed E-state index contributed by atoms with van der Waals surface area (Å²) in [5, 5.41) is 10.0. The third-order valence-electron chi connectivity index (χ3n) is 4.08. The summed E-state index contributed by atoms with van der Waals surface area (Å²) in [6, 6.07) is 0. The Balaban J connectivity index is 2.08. The largest absolute Gasteiger partial charge is 0.494 e. The van der Waals surface area contributed by atoms with Gasteiger partial charge in [0.2, 0.25) is 5.88 Å². The van der Waals surface area contributed by atoms with Crippen LogP contribution in [-0.4, -0.2) is 25.1 Å². The summed E-state index contributed by atoms with van der Waals surface area (Å²) in [4.78, 5) is 35.7. The Morgan fingerprint density at radius 1 is 1.18 bits per heavy atom. The fourth-order valence-corrected chi connectivity index (χ4v) is 4.12. The zero-order valence-corrected chi connectivity index (χ0v) is 13.1. The Morgan fingerprint density at radius 2 is 1.82 bits per heavy atom. The molecule has 8 heteroatoms. The minimum absolute atomic E-state index is 0.0842. The van der Waals surface area contributed by atoms with Crippen molar-refractivity contribution in [2.45, 2.75) is 30.6 Å². The smallest absolute Gasteiger partial charge is 0.346 e. The van der Waals surface area contributed by atoms with Gasteiger partial charge in [0.1, 0.15) is 5.56 Å². The van der Waals surface area contributed by atoms with E-state index in [1.807, 2.05) is 0 Å². The second-order valence-corrected chi connectivity index (χ2v) is 6.95. The maximum atomic E-state index is 12.2. The monoisotopic (exact) mass is 324 g/mol. The van der Waals surface area contributed by atoms with E-state index in [4.69, 9.17) is 4.74 Å². The summed E-state index contributed by atoms with van der Waals surface area (Å²) in [5.41, 5.74) is -1.36. The van der Waals surface area contributed by atoms with Crippen molar-refractivity contribution in [1.82, 2.24) is 9.13 Å². The quantitative estimate of drug-likeness (QED) is 0.604. The molecule has 1 aromatic rings. The van der Waals surface area contributed by atoms with Gasteiger partial charge in [0, 0.05) is 14.1 Å². The number of aromatic hydroxyl groups is 1. The van der Waals surface area contributed by atoms with Gasteiger partial charge in [-0.25, -0.2) is 9.59 Å².